The normalized spacial score (nSPS) is 11.0. The number of carbonyl (C=O) groups excluding carboxylic acids is 1. The first-order chi connectivity index (χ1) is 13.8. The van der Waals surface area contributed by atoms with E-state index in [1.54, 1.807) is 31.4 Å². The molecule has 0 heterocycles. The summed E-state index contributed by atoms with van der Waals surface area (Å²) >= 11 is 0. The zero-order valence-corrected chi connectivity index (χ0v) is 17.2. The molecule has 0 saturated heterocycles. The number of nitrogens with zero attached hydrogens (tertiary/aromatic N) is 1. The van der Waals surface area contributed by atoms with E-state index < -0.39 is 15.8 Å². The number of nitrogens with one attached hydrogen (secondary N) is 1. The summed E-state index contributed by atoms with van der Waals surface area (Å²) in [5.41, 5.74) is 0.363. The van der Waals surface area contributed by atoms with E-state index in [2.05, 4.69) is 5.32 Å². The Labute approximate surface area is 170 Å². The Kier molecular flexibility index (Phi) is 8.26. The number of hydrogen-bond donors (Lipinski definition) is 1. The van der Waals surface area contributed by atoms with Crippen LogP contribution in [-0.2, 0) is 14.8 Å². The maximum absolute atomic E-state index is 13.1. The van der Waals surface area contributed by atoms with E-state index in [-0.39, 0.29) is 18.9 Å². The number of halogens is 1. The molecule has 0 aliphatic rings. The summed E-state index contributed by atoms with van der Waals surface area (Å²) in [6.45, 7) is 0.766. The minimum absolute atomic E-state index is 0.125. The zero-order valence-electron chi connectivity index (χ0n) is 16.4. The molecule has 0 aliphatic heterocycles. The van der Waals surface area contributed by atoms with E-state index in [4.69, 9.17) is 9.47 Å². The lowest BCUT2D eigenvalue weighted by atomic mass is 10.2. The fourth-order valence-corrected chi connectivity index (χ4v) is 3.56. The first-order valence-corrected chi connectivity index (χ1v) is 10.9. The summed E-state index contributed by atoms with van der Waals surface area (Å²) in [6.07, 6.45) is 1.57. The lowest BCUT2D eigenvalue weighted by Gasteiger charge is -2.22. The number of carbonyl (C=O) groups is 1. The first kappa shape index (κ1) is 22.5. The fourth-order valence-electron chi connectivity index (χ4n) is 2.60. The molecule has 1 N–H and O–H groups in total. The Hall–Kier alpha value is -2.81. The number of ether oxygens (including phenoxy) is 2. The van der Waals surface area contributed by atoms with Crippen molar-refractivity contribution in [2.45, 2.75) is 12.8 Å². The Balaban J connectivity index is 1.72. The second-order valence-electron chi connectivity index (χ2n) is 6.29. The molecule has 0 saturated carbocycles. The van der Waals surface area contributed by atoms with Crippen LogP contribution in [0.1, 0.15) is 12.8 Å². The highest BCUT2D eigenvalue weighted by Gasteiger charge is 2.17. The summed E-state index contributed by atoms with van der Waals surface area (Å²) in [5.74, 6) is 0.756. The van der Waals surface area contributed by atoms with Crippen LogP contribution >= 0.6 is 0 Å². The molecule has 29 heavy (non-hydrogen) atoms. The van der Waals surface area contributed by atoms with Crippen LogP contribution in [0.25, 0.3) is 0 Å². The van der Waals surface area contributed by atoms with Crippen molar-refractivity contribution in [1.82, 2.24) is 5.32 Å². The highest BCUT2D eigenvalue weighted by molar-refractivity contribution is 7.92. The third-order valence-electron chi connectivity index (χ3n) is 4.03. The molecule has 0 unspecified atom stereocenters. The van der Waals surface area contributed by atoms with Crippen molar-refractivity contribution in [2.75, 3.05) is 37.4 Å². The van der Waals surface area contributed by atoms with Gasteiger partial charge in [-0.3, -0.25) is 9.10 Å². The van der Waals surface area contributed by atoms with Crippen LogP contribution in [0.2, 0.25) is 0 Å². The number of benzene rings is 2. The third-order valence-corrected chi connectivity index (χ3v) is 5.23. The van der Waals surface area contributed by atoms with Gasteiger partial charge in [0.15, 0.2) is 0 Å². The van der Waals surface area contributed by atoms with Crippen LogP contribution < -0.4 is 19.1 Å². The van der Waals surface area contributed by atoms with Crippen LogP contribution in [0.5, 0.6) is 11.5 Å². The van der Waals surface area contributed by atoms with Crippen LogP contribution in [0, 0.1) is 5.82 Å². The zero-order chi connectivity index (χ0) is 21.3. The molecule has 7 nitrogen and oxygen atoms in total. The summed E-state index contributed by atoms with van der Waals surface area (Å²) < 4.78 is 48.8. The molecule has 2 rings (SSSR count). The van der Waals surface area contributed by atoms with Gasteiger partial charge >= 0.3 is 0 Å². The highest BCUT2D eigenvalue weighted by atomic mass is 32.2. The van der Waals surface area contributed by atoms with Gasteiger partial charge in [0, 0.05) is 13.0 Å². The number of anilines is 1. The van der Waals surface area contributed by atoms with Crippen molar-refractivity contribution >= 4 is 21.6 Å². The van der Waals surface area contributed by atoms with Gasteiger partial charge in [0.1, 0.15) is 23.9 Å². The Morgan fingerprint density at radius 1 is 1.07 bits per heavy atom. The molecule has 2 aromatic rings. The third kappa shape index (κ3) is 7.61. The number of methoxy groups -OCH3 is 1. The van der Waals surface area contributed by atoms with E-state index in [9.17, 15) is 17.6 Å². The Bertz CT molecular complexity index is 886. The van der Waals surface area contributed by atoms with Gasteiger partial charge in [-0.15, -0.1) is 0 Å². The van der Waals surface area contributed by atoms with E-state index in [1.807, 2.05) is 0 Å². The van der Waals surface area contributed by atoms with Gasteiger partial charge < -0.3 is 14.8 Å². The number of hydrogen-bond acceptors (Lipinski definition) is 5. The van der Waals surface area contributed by atoms with Gasteiger partial charge in [0.05, 0.1) is 25.6 Å². The fraction of sp³-hybridized carbons (Fsp3) is 0.350. The SMILES string of the molecule is COc1ccc(OCCNC(=O)CCCN(c2ccc(F)cc2)S(C)(=O)=O)cc1. The summed E-state index contributed by atoms with van der Waals surface area (Å²) in [6, 6.07) is 12.3. The molecular weight excluding hydrogens is 399 g/mol. The summed E-state index contributed by atoms with van der Waals surface area (Å²) in [7, 11) is -1.95. The van der Waals surface area contributed by atoms with Gasteiger partial charge in [-0.05, 0) is 55.0 Å². The Morgan fingerprint density at radius 2 is 1.69 bits per heavy atom. The van der Waals surface area contributed by atoms with Crippen LogP contribution in [0.3, 0.4) is 0 Å². The molecule has 1 amide bonds. The molecule has 158 valence electrons. The lowest BCUT2D eigenvalue weighted by Crippen LogP contribution is -2.32. The average molecular weight is 424 g/mol. The molecule has 0 fully saturated rings. The minimum Gasteiger partial charge on any atom is -0.497 e. The van der Waals surface area contributed by atoms with E-state index >= 15 is 0 Å². The van der Waals surface area contributed by atoms with Crippen LogP contribution in [0.15, 0.2) is 48.5 Å². The van der Waals surface area contributed by atoms with E-state index in [0.717, 1.165) is 16.3 Å². The summed E-state index contributed by atoms with van der Waals surface area (Å²) in [4.78, 5) is 11.9. The van der Waals surface area contributed by atoms with E-state index in [1.165, 1.54) is 24.3 Å². The van der Waals surface area contributed by atoms with Crippen LogP contribution in [-0.4, -0.2) is 47.4 Å². The molecule has 0 atom stereocenters. The van der Waals surface area contributed by atoms with Crippen molar-refractivity contribution in [3.63, 3.8) is 0 Å². The van der Waals surface area contributed by atoms with Crippen molar-refractivity contribution < 1.29 is 27.1 Å². The predicted molar refractivity (Wildman–Crippen MR) is 109 cm³/mol. The Morgan fingerprint density at radius 3 is 2.28 bits per heavy atom. The van der Waals surface area contributed by atoms with Crippen molar-refractivity contribution in [3.8, 4) is 11.5 Å². The van der Waals surface area contributed by atoms with Gasteiger partial charge in [0.25, 0.3) is 0 Å². The highest BCUT2D eigenvalue weighted by Crippen LogP contribution is 2.19. The van der Waals surface area contributed by atoms with Crippen LogP contribution in [0.4, 0.5) is 10.1 Å². The van der Waals surface area contributed by atoms with Gasteiger partial charge in [-0.1, -0.05) is 0 Å². The largest absolute Gasteiger partial charge is 0.497 e. The quantitative estimate of drug-likeness (QED) is 0.561. The molecule has 0 radical (unpaired) electrons. The maximum atomic E-state index is 13.1. The van der Waals surface area contributed by atoms with Gasteiger partial charge in [0.2, 0.25) is 15.9 Å². The average Bonchev–Trinajstić information content (AvgIpc) is 2.69. The lowest BCUT2D eigenvalue weighted by molar-refractivity contribution is -0.121. The number of sulfonamides is 1. The molecule has 9 heteroatoms. The second-order valence-corrected chi connectivity index (χ2v) is 8.20. The number of amides is 1. The topological polar surface area (TPSA) is 84.9 Å². The molecule has 2 aromatic carbocycles. The van der Waals surface area contributed by atoms with Crippen molar-refractivity contribution in [2.24, 2.45) is 0 Å². The van der Waals surface area contributed by atoms with Gasteiger partial charge in [-0.25, -0.2) is 12.8 Å². The molecule has 0 aromatic heterocycles. The molecule has 0 spiro atoms. The standard InChI is InChI=1S/C20H25FN2O5S/c1-27-18-9-11-19(12-10-18)28-15-13-22-20(24)4-3-14-23(29(2,25)26)17-7-5-16(21)6-8-17/h5-12H,3-4,13-15H2,1-2H3,(H,22,24). The van der Waals surface area contributed by atoms with Crippen molar-refractivity contribution in [1.29, 1.82) is 0 Å². The minimum atomic E-state index is -3.54. The molecule has 0 bridgehead atoms. The maximum Gasteiger partial charge on any atom is 0.232 e. The summed E-state index contributed by atoms with van der Waals surface area (Å²) in [5, 5.41) is 2.73. The molecular formula is C20H25FN2O5S. The second kappa shape index (κ2) is 10.7. The smallest absolute Gasteiger partial charge is 0.232 e. The monoisotopic (exact) mass is 424 g/mol. The van der Waals surface area contributed by atoms with Gasteiger partial charge in [-0.2, -0.15) is 0 Å². The first-order valence-electron chi connectivity index (χ1n) is 9.06. The number of rotatable bonds is 11. The van der Waals surface area contributed by atoms with E-state index in [0.29, 0.717) is 31.0 Å². The molecule has 0 aliphatic carbocycles. The predicted octanol–water partition coefficient (Wildman–Crippen LogP) is 2.58. The van der Waals surface area contributed by atoms with Crippen molar-refractivity contribution in [3.05, 3.63) is 54.3 Å².